The second-order valence-electron chi connectivity index (χ2n) is 4.68. The molecule has 1 heterocycles. The van der Waals surface area contributed by atoms with Crippen molar-refractivity contribution in [3.05, 3.63) is 23.6 Å². The van der Waals surface area contributed by atoms with E-state index in [-0.39, 0.29) is 5.82 Å². The van der Waals surface area contributed by atoms with Gasteiger partial charge in [-0.3, -0.25) is 0 Å². The van der Waals surface area contributed by atoms with Crippen LogP contribution in [0, 0.1) is 5.82 Å². The number of pyridine rings is 1. The molecule has 1 aliphatic carbocycles. The maximum Gasteiger partial charge on any atom is 0.170 e. The van der Waals surface area contributed by atoms with Gasteiger partial charge in [-0.2, -0.15) is 0 Å². The van der Waals surface area contributed by atoms with Crippen molar-refractivity contribution in [3.8, 4) is 0 Å². The molecule has 3 nitrogen and oxygen atoms in total. The maximum absolute atomic E-state index is 14.2. The number of hydrogen-bond donors (Lipinski definition) is 1. The summed E-state index contributed by atoms with van der Waals surface area (Å²) in [6.45, 7) is 3.50. The minimum Gasteiger partial charge on any atom is -0.357 e. The van der Waals surface area contributed by atoms with Gasteiger partial charge in [0.2, 0.25) is 0 Å². The van der Waals surface area contributed by atoms with E-state index >= 15 is 0 Å². The highest BCUT2D eigenvalue weighted by Gasteiger charge is 2.21. The van der Waals surface area contributed by atoms with Gasteiger partial charge in [-0.05, 0) is 25.3 Å². The molecule has 94 valence electrons. The molecule has 1 aromatic heterocycles. The van der Waals surface area contributed by atoms with Crippen LogP contribution in [0.1, 0.15) is 31.7 Å². The van der Waals surface area contributed by atoms with Crippen LogP contribution in [0.15, 0.2) is 12.3 Å². The van der Waals surface area contributed by atoms with Crippen molar-refractivity contribution in [1.82, 2.24) is 10.3 Å². The van der Waals surface area contributed by atoms with Crippen molar-refractivity contribution < 1.29 is 4.39 Å². The molecule has 0 aromatic carbocycles. The summed E-state index contributed by atoms with van der Waals surface area (Å²) in [6.07, 6.45) is 5.11. The van der Waals surface area contributed by atoms with E-state index in [1.54, 1.807) is 12.3 Å². The van der Waals surface area contributed by atoms with Crippen molar-refractivity contribution in [2.45, 2.75) is 38.8 Å². The molecule has 1 fully saturated rings. The Balaban J connectivity index is 2.07. The zero-order chi connectivity index (χ0) is 12.3. The van der Waals surface area contributed by atoms with Gasteiger partial charge in [0.15, 0.2) is 11.6 Å². The Labute approximate surface area is 102 Å². The smallest absolute Gasteiger partial charge is 0.170 e. The summed E-state index contributed by atoms with van der Waals surface area (Å²) in [4.78, 5) is 5.99. The summed E-state index contributed by atoms with van der Waals surface area (Å²) in [7, 11) is 1.88. The molecule has 0 aliphatic heterocycles. The zero-order valence-corrected chi connectivity index (χ0v) is 10.5. The van der Waals surface area contributed by atoms with Crippen LogP contribution in [-0.4, -0.2) is 24.6 Å². The molecule has 1 saturated carbocycles. The van der Waals surface area contributed by atoms with Crippen molar-refractivity contribution in [1.29, 1.82) is 0 Å². The largest absolute Gasteiger partial charge is 0.357 e. The van der Waals surface area contributed by atoms with Crippen LogP contribution in [0.2, 0.25) is 0 Å². The van der Waals surface area contributed by atoms with E-state index in [1.165, 1.54) is 12.8 Å². The molecular formula is C13H20FN3. The molecule has 0 amide bonds. The van der Waals surface area contributed by atoms with Crippen LogP contribution in [-0.2, 0) is 6.54 Å². The Bertz CT molecular complexity index is 377. The Morgan fingerprint density at radius 3 is 2.94 bits per heavy atom. The lowest BCUT2D eigenvalue weighted by Gasteiger charge is -2.19. The molecule has 0 spiro atoms. The van der Waals surface area contributed by atoms with Crippen LogP contribution in [0.5, 0.6) is 0 Å². The molecule has 0 atom stereocenters. The van der Waals surface area contributed by atoms with E-state index < -0.39 is 0 Å². The minimum absolute atomic E-state index is 0.184. The van der Waals surface area contributed by atoms with E-state index in [2.05, 4.69) is 17.2 Å². The van der Waals surface area contributed by atoms with E-state index in [1.807, 2.05) is 11.9 Å². The van der Waals surface area contributed by atoms with Gasteiger partial charge in [-0.1, -0.05) is 6.92 Å². The quantitative estimate of drug-likeness (QED) is 0.823. The summed E-state index contributed by atoms with van der Waals surface area (Å²) >= 11 is 0. The monoisotopic (exact) mass is 237 g/mol. The Morgan fingerprint density at radius 2 is 2.29 bits per heavy atom. The third-order valence-corrected chi connectivity index (χ3v) is 3.03. The molecular weight excluding hydrogens is 217 g/mol. The molecule has 1 aromatic rings. The minimum atomic E-state index is -0.184. The second kappa shape index (κ2) is 5.45. The molecule has 4 heteroatoms. The first-order chi connectivity index (χ1) is 8.22. The van der Waals surface area contributed by atoms with E-state index in [9.17, 15) is 4.39 Å². The average Bonchev–Trinajstić information content (AvgIpc) is 3.12. The molecule has 0 radical (unpaired) electrons. The first-order valence-corrected chi connectivity index (χ1v) is 6.30. The van der Waals surface area contributed by atoms with Crippen molar-refractivity contribution in [2.75, 3.05) is 18.5 Å². The maximum atomic E-state index is 14.2. The van der Waals surface area contributed by atoms with Crippen LogP contribution in [0.3, 0.4) is 0 Å². The number of halogens is 1. The third kappa shape index (κ3) is 3.16. The van der Waals surface area contributed by atoms with Crippen molar-refractivity contribution in [2.24, 2.45) is 0 Å². The summed E-state index contributed by atoms with van der Waals surface area (Å²) in [5.41, 5.74) is 0.713. The van der Waals surface area contributed by atoms with Gasteiger partial charge in [-0.25, -0.2) is 9.37 Å². The SMILES string of the molecule is CCCN(C)c1nccc(CNC2CC2)c1F. The molecule has 1 aliphatic rings. The molecule has 1 N–H and O–H groups in total. The number of nitrogens with zero attached hydrogens (tertiary/aromatic N) is 2. The summed E-state index contributed by atoms with van der Waals surface area (Å²) < 4.78 is 14.2. The highest BCUT2D eigenvalue weighted by molar-refractivity contribution is 5.42. The highest BCUT2D eigenvalue weighted by Crippen LogP contribution is 2.22. The predicted octanol–water partition coefficient (Wildman–Crippen LogP) is 2.32. The van der Waals surface area contributed by atoms with Crippen LogP contribution >= 0.6 is 0 Å². The Morgan fingerprint density at radius 1 is 1.53 bits per heavy atom. The van der Waals surface area contributed by atoms with Crippen LogP contribution in [0.4, 0.5) is 10.2 Å². The first-order valence-electron chi connectivity index (χ1n) is 6.30. The van der Waals surface area contributed by atoms with Gasteiger partial charge < -0.3 is 10.2 Å². The van der Waals surface area contributed by atoms with Gasteiger partial charge in [-0.15, -0.1) is 0 Å². The number of rotatable bonds is 6. The normalized spacial score (nSPS) is 15.0. The summed E-state index contributed by atoms with van der Waals surface area (Å²) in [5, 5.41) is 3.33. The highest BCUT2D eigenvalue weighted by atomic mass is 19.1. The van der Waals surface area contributed by atoms with Gasteiger partial charge in [0, 0.05) is 37.9 Å². The molecule has 2 rings (SSSR count). The first kappa shape index (κ1) is 12.3. The van der Waals surface area contributed by atoms with Crippen molar-refractivity contribution >= 4 is 5.82 Å². The number of aromatic nitrogens is 1. The lowest BCUT2D eigenvalue weighted by molar-refractivity contribution is 0.577. The fourth-order valence-electron chi connectivity index (χ4n) is 1.86. The number of hydrogen-bond acceptors (Lipinski definition) is 3. The van der Waals surface area contributed by atoms with Crippen molar-refractivity contribution in [3.63, 3.8) is 0 Å². The lowest BCUT2D eigenvalue weighted by atomic mass is 10.2. The topological polar surface area (TPSA) is 28.2 Å². The summed E-state index contributed by atoms with van der Waals surface area (Å²) in [6, 6.07) is 2.35. The molecule has 17 heavy (non-hydrogen) atoms. The van der Waals surface area contributed by atoms with E-state index in [4.69, 9.17) is 0 Å². The standard InChI is InChI=1S/C13H20FN3/c1-3-8-17(2)13-12(14)10(6-7-15-13)9-16-11-4-5-11/h6-7,11,16H,3-5,8-9H2,1-2H3. The fourth-order valence-corrected chi connectivity index (χ4v) is 1.86. The molecule has 0 saturated heterocycles. The predicted molar refractivity (Wildman–Crippen MR) is 67.6 cm³/mol. The third-order valence-electron chi connectivity index (χ3n) is 3.03. The summed E-state index contributed by atoms with van der Waals surface area (Å²) in [5.74, 6) is 0.276. The Hall–Kier alpha value is -1.16. The van der Waals surface area contributed by atoms with Crippen LogP contribution < -0.4 is 10.2 Å². The molecule has 0 bridgehead atoms. The number of anilines is 1. The average molecular weight is 237 g/mol. The van der Waals surface area contributed by atoms with Gasteiger partial charge in [0.25, 0.3) is 0 Å². The molecule has 0 unspecified atom stereocenters. The lowest BCUT2D eigenvalue weighted by Crippen LogP contribution is -2.22. The second-order valence-corrected chi connectivity index (χ2v) is 4.68. The van der Waals surface area contributed by atoms with E-state index in [0.29, 0.717) is 24.0 Å². The van der Waals surface area contributed by atoms with E-state index in [0.717, 1.165) is 13.0 Å². The van der Waals surface area contributed by atoms with Gasteiger partial charge in [0.1, 0.15) is 0 Å². The van der Waals surface area contributed by atoms with Gasteiger partial charge >= 0.3 is 0 Å². The zero-order valence-electron chi connectivity index (χ0n) is 10.5. The van der Waals surface area contributed by atoms with Crippen LogP contribution in [0.25, 0.3) is 0 Å². The number of nitrogens with one attached hydrogen (secondary N) is 1. The van der Waals surface area contributed by atoms with Gasteiger partial charge in [0.05, 0.1) is 0 Å². The fraction of sp³-hybridized carbons (Fsp3) is 0.615. The Kier molecular flexibility index (Phi) is 3.94.